The zero-order valence-corrected chi connectivity index (χ0v) is 8.81. The minimum Gasteiger partial charge on any atom is -0.392 e. The molecule has 1 aromatic rings. The summed E-state index contributed by atoms with van der Waals surface area (Å²) in [5.41, 5.74) is 0.398. The average molecular weight is 248 g/mol. The zero-order valence-electron chi connectivity index (χ0n) is 7.22. The van der Waals surface area contributed by atoms with E-state index in [1.807, 2.05) is 0 Å². The molecule has 0 saturated heterocycles. The number of rotatable bonds is 3. The molecule has 0 aliphatic heterocycles. The highest BCUT2D eigenvalue weighted by Gasteiger charge is 2.02. The first-order chi connectivity index (χ1) is 6.09. The van der Waals surface area contributed by atoms with Crippen LogP contribution in [0.15, 0.2) is 22.7 Å². The van der Waals surface area contributed by atoms with Gasteiger partial charge in [-0.05, 0) is 25.1 Å². The molecule has 1 rings (SSSR count). The molecule has 0 aliphatic carbocycles. The minimum atomic E-state index is -0.488. The number of benzene rings is 1. The second-order valence-electron chi connectivity index (χ2n) is 2.85. The van der Waals surface area contributed by atoms with Crippen LogP contribution >= 0.6 is 15.9 Å². The van der Waals surface area contributed by atoms with E-state index < -0.39 is 6.10 Å². The lowest BCUT2D eigenvalue weighted by molar-refractivity contribution is 0.208. The van der Waals surface area contributed by atoms with E-state index in [0.29, 0.717) is 12.2 Å². The Morgan fingerprint density at radius 2 is 2.31 bits per heavy atom. The maximum absolute atomic E-state index is 13.1. The lowest BCUT2D eigenvalue weighted by atomic mass is 10.3. The van der Waals surface area contributed by atoms with E-state index in [0.717, 1.165) is 4.47 Å². The van der Waals surface area contributed by atoms with Gasteiger partial charge in [-0.3, -0.25) is 0 Å². The Bertz CT molecular complexity index is 291. The van der Waals surface area contributed by atoms with Gasteiger partial charge in [0.2, 0.25) is 0 Å². The third-order valence-electron chi connectivity index (χ3n) is 1.52. The molecule has 0 bridgehead atoms. The van der Waals surface area contributed by atoms with Gasteiger partial charge in [0.25, 0.3) is 0 Å². The fourth-order valence-corrected chi connectivity index (χ4v) is 1.25. The van der Waals surface area contributed by atoms with Gasteiger partial charge in [-0.1, -0.05) is 15.9 Å². The van der Waals surface area contributed by atoms with Gasteiger partial charge in [-0.15, -0.1) is 0 Å². The maximum atomic E-state index is 13.1. The van der Waals surface area contributed by atoms with Crippen LogP contribution in [0, 0.1) is 5.82 Å². The molecule has 13 heavy (non-hydrogen) atoms. The number of nitrogens with one attached hydrogen (secondary N) is 1. The first-order valence-electron chi connectivity index (χ1n) is 3.96. The standard InChI is InChI=1S/C9H11BrFNO/c1-6(13)5-12-9-4-7(10)2-3-8(9)11/h2-4,6,12-13H,5H2,1H3/t6-/m1/s1. The van der Waals surface area contributed by atoms with E-state index >= 15 is 0 Å². The van der Waals surface area contributed by atoms with E-state index in [4.69, 9.17) is 5.11 Å². The maximum Gasteiger partial charge on any atom is 0.146 e. The molecule has 0 unspecified atom stereocenters. The van der Waals surface area contributed by atoms with E-state index in [2.05, 4.69) is 21.2 Å². The van der Waals surface area contributed by atoms with Crippen LogP contribution in [-0.4, -0.2) is 17.8 Å². The SMILES string of the molecule is C[C@@H](O)CNc1cc(Br)ccc1F. The molecule has 0 radical (unpaired) electrons. The number of aliphatic hydroxyl groups excluding tert-OH is 1. The van der Waals surface area contributed by atoms with Crippen LogP contribution in [0.25, 0.3) is 0 Å². The zero-order chi connectivity index (χ0) is 9.84. The van der Waals surface area contributed by atoms with Gasteiger partial charge >= 0.3 is 0 Å². The van der Waals surface area contributed by atoms with Gasteiger partial charge in [0.15, 0.2) is 0 Å². The van der Waals surface area contributed by atoms with Crippen LogP contribution in [-0.2, 0) is 0 Å². The summed E-state index contributed by atoms with van der Waals surface area (Å²) in [6.45, 7) is 1.98. The smallest absolute Gasteiger partial charge is 0.146 e. The average Bonchev–Trinajstić information content (AvgIpc) is 2.06. The third-order valence-corrected chi connectivity index (χ3v) is 2.01. The van der Waals surface area contributed by atoms with Gasteiger partial charge in [0.1, 0.15) is 5.82 Å². The largest absolute Gasteiger partial charge is 0.392 e. The summed E-state index contributed by atoms with van der Waals surface area (Å²) < 4.78 is 13.9. The van der Waals surface area contributed by atoms with Crippen molar-refractivity contribution < 1.29 is 9.50 Å². The van der Waals surface area contributed by atoms with Crippen molar-refractivity contribution in [2.45, 2.75) is 13.0 Å². The number of hydrogen-bond donors (Lipinski definition) is 2. The highest BCUT2D eigenvalue weighted by atomic mass is 79.9. The Balaban J connectivity index is 2.70. The molecular weight excluding hydrogens is 237 g/mol. The first-order valence-corrected chi connectivity index (χ1v) is 4.76. The quantitative estimate of drug-likeness (QED) is 0.860. The fourth-order valence-electron chi connectivity index (χ4n) is 0.891. The van der Waals surface area contributed by atoms with Crippen molar-refractivity contribution in [3.63, 3.8) is 0 Å². The molecule has 72 valence electrons. The number of aliphatic hydroxyl groups is 1. The van der Waals surface area contributed by atoms with Crippen molar-refractivity contribution in [3.05, 3.63) is 28.5 Å². The Morgan fingerprint density at radius 3 is 2.92 bits per heavy atom. The van der Waals surface area contributed by atoms with Crippen molar-refractivity contribution in [3.8, 4) is 0 Å². The van der Waals surface area contributed by atoms with Crippen molar-refractivity contribution >= 4 is 21.6 Å². The third kappa shape index (κ3) is 3.32. The van der Waals surface area contributed by atoms with Crippen LogP contribution in [0.3, 0.4) is 0 Å². The van der Waals surface area contributed by atoms with Gasteiger partial charge in [-0.2, -0.15) is 0 Å². The van der Waals surface area contributed by atoms with Crippen molar-refractivity contribution in [1.29, 1.82) is 0 Å². The highest BCUT2D eigenvalue weighted by Crippen LogP contribution is 2.19. The van der Waals surface area contributed by atoms with Crippen LogP contribution in [0.2, 0.25) is 0 Å². The van der Waals surface area contributed by atoms with Gasteiger partial charge in [-0.25, -0.2) is 4.39 Å². The molecule has 0 heterocycles. The molecule has 2 nitrogen and oxygen atoms in total. The van der Waals surface area contributed by atoms with E-state index in [9.17, 15) is 4.39 Å². The summed E-state index contributed by atoms with van der Waals surface area (Å²) in [6.07, 6.45) is -0.488. The topological polar surface area (TPSA) is 32.3 Å². The molecule has 1 atom stereocenters. The molecule has 4 heteroatoms. The second kappa shape index (κ2) is 4.58. The van der Waals surface area contributed by atoms with Crippen molar-refractivity contribution in [2.24, 2.45) is 0 Å². The van der Waals surface area contributed by atoms with Crippen LogP contribution < -0.4 is 5.32 Å². The summed E-state index contributed by atoms with van der Waals surface area (Å²) in [5, 5.41) is 11.8. The summed E-state index contributed by atoms with van der Waals surface area (Å²) in [5.74, 6) is -0.316. The normalized spacial score (nSPS) is 12.6. The Kier molecular flexibility index (Phi) is 3.69. The monoisotopic (exact) mass is 247 g/mol. The molecule has 0 amide bonds. The van der Waals surface area contributed by atoms with Gasteiger partial charge in [0, 0.05) is 11.0 Å². The number of anilines is 1. The molecule has 0 aliphatic rings. The van der Waals surface area contributed by atoms with E-state index in [1.54, 1.807) is 19.1 Å². The second-order valence-corrected chi connectivity index (χ2v) is 3.77. The predicted molar refractivity (Wildman–Crippen MR) is 54.3 cm³/mol. The molecular formula is C9H11BrFNO. The van der Waals surface area contributed by atoms with E-state index in [1.165, 1.54) is 6.07 Å². The Morgan fingerprint density at radius 1 is 1.62 bits per heavy atom. The summed E-state index contributed by atoms with van der Waals surface area (Å²) in [6, 6.07) is 4.63. The fraction of sp³-hybridized carbons (Fsp3) is 0.333. The highest BCUT2D eigenvalue weighted by molar-refractivity contribution is 9.10. The number of halogens is 2. The van der Waals surface area contributed by atoms with Crippen molar-refractivity contribution in [2.75, 3.05) is 11.9 Å². The lowest BCUT2D eigenvalue weighted by Crippen LogP contribution is -2.15. The Hall–Kier alpha value is -0.610. The van der Waals surface area contributed by atoms with Gasteiger partial charge < -0.3 is 10.4 Å². The van der Waals surface area contributed by atoms with Crippen LogP contribution in [0.4, 0.5) is 10.1 Å². The lowest BCUT2D eigenvalue weighted by Gasteiger charge is -2.09. The molecule has 0 fully saturated rings. The van der Waals surface area contributed by atoms with Crippen LogP contribution in [0.1, 0.15) is 6.92 Å². The Labute approximate surface area is 84.9 Å². The summed E-state index contributed by atoms with van der Waals surface area (Å²) >= 11 is 3.23. The molecule has 0 saturated carbocycles. The van der Waals surface area contributed by atoms with Crippen LogP contribution in [0.5, 0.6) is 0 Å². The van der Waals surface area contributed by atoms with E-state index in [-0.39, 0.29) is 5.82 Å². The summed E-state index contributed by atoms with van der Waals surface area (Å²) in [4.78, 5) is 0. The van der Waals surface area contributed by atoms with Crippen molar-refractivity contribution in [1.82, 2.24) is 0 Å². The molecule has 0 spiro atoms. The molecule has 2 N–H and O–H groups in total. The first kappa shape index (κ1) is 10.5. The summed E-state index contributed by atoms with van der Waals surface area (Å²) in [7, 11) is 0. The van der Waals surface area contributed by atoms with Gasteiger partial charge in [0.05, 0.1) is 11.8 Å². The molecule has 1 aromatic carbocycles. The number of hydrogen-bond acceptors (Lipinski definition) is 2. The molecule has 0 aromatic heterocycles. The predicted octanol–water partition coefficient (Wildman–Crippen LogP) is 2.38. The minimum absolute atomic E-state index is 0.316.